The summed E-state index contributed by atoms with van der Waals surface area (Å²) in [6, 6.07) is 27.6. The van der Waals surface area contributed by atoms with E-state index in [1.165, 1.54) is 23.3 Å². The number of aliphatic hydroxyl groups is 1. The molecule has 0 aromatic heterocycles. The quantitative estimate of drug-likeness (QED) is 0.640. The highest BCUT2D eigenvalue weighted by molar-refractivity contribution is 5.30. The van der Waals surface area contributed by atoms with Gasteiger partial charge in [0.2, 0.25) is 0 Å². The summed E-state index contributed by atoms with van der Waals surface area (Å²) in [4.78, 5) is 0. The predicted molar refractivity (Wildman–Crippen MR) is 114 cm³/mol. The van der Waals surface area contributed by atoms with Crippen LogP contribution in [0.1, 0.15) is 55.0 Å². The molecule has 1 heterocycles. The molecule has 3 heteroatoms. The van der Waals surface area contributed by atoms with E-state index in [1.807, 2.05) is 12.1 Å². The maximum absolute atomic E-state index is 13.6. The summed E-state index contributed by atoms with van der Waals surface area (Å²) in [6.07, 6.45) is 2.50. The van der Waals surface area contributed by atoms with Gasteiger partial charge in [0.1, 0.15) is 23.5 Å². The molecular weight excluding hydrogens is 361 g/mol. The van der Waals surface area contributed by atoms with E-state index >= 15 is 0 Å². The zero-order valence-electron chi connectivity index (χ0n) is 16.8. The monoisotopic (exact) mass is 390 g/mol. The molecule has 0 unspecified atom stereocenters. The standard InChI is InChI=1S/C26H28FNO/c1-2-9-23-25(20-12-7-4-8-13-20)28-24(19-10-5-3-6-11-19)18-26(23,29)21-14-16-22(27)17-15-21/h3-8,10-17,23-25,28-29H,2,9,18H2,1H3/p+1/t23-,24-,25-,26-/m0/s1. The van der Waals surface area contributed by atoms with E-state index in [-0.39, 0.29) is 23.8 Å². The van der Waals surface area contributed by atoms with Crippen LogP contribution in [-0.2, 0) is 5.60 Å². The van der Waals surface area contributed by atoms with Crippen molar-refractivity contribution in [3.05, 3.63) is 107 Å². The number of hydrogen-bond acceptors (Lipinski definition) is 1. The van der Waals surface area contributed by atoms with Crippen molar-refractivity contribution in [2.75, 3.05) is 0 Å². The van der Waals surface area contributed by atoms with Crippen LogP contribution in [0.4, 0.5) is 4.39 Å². The molecular formula is C26H29FNO+. The molecule has 0 aliphatic carbocycles. The Balaban J connectivity index is 1.82. The molecule has 4 rings (SSSR count). The third kappa shape index (κ3) is 3.98. The molecule has 2 nitrogen and oxygen atoms in total. The Morgan fingerprint density at radius 1 is 0.897 bits per heavy atom. The van der Waals surface area contributed by atoms with Crippen molar-refractivity contribution in [3.63, 3.8) is 0 Å². The zero-order valence-corrected chi connectivity index (χ0v) is 16.8. The molecule has 0 bridgehead atoms. The Labute approximate surface area is 172 Å². The average molecular weight is 391 g/mol. The van der Waals surface area contributed by atoms with Crippen LogP contribution in [-0.4, -0.2) is 5.11 Å². The van der Waals surface area contributed by atoms with Crippen LogP contribution in [0.2, 0.25) is 0 Å². The van der Waals surface area contributed by atoms with Gasteiger partial charge in [-0.05, 0) is 24.1 Å². The second kappa shape index (κ2) is 8.48. The molecule has 150 valence electrons. The van der Waals surface area contributed by atoms with Crippen LogP contribution in [0.5, 0.6) is 0 Å². The van der Waals surface area contributed by atoms with E-state index in [9.17, 15) is 9.50 Å². The molecule has 3 aromatic rings. The second-order valence-electron chi connectivity index (χ2n) is 8.18. The van der Waals surface area contributed by atoms with Crippen molar-refractivity contribution < 1.29 is 14.8 Å². The molecule has 1 fully saturated rings. The van der Waals surface area contributed by atoms with Crippen molar-refractivity contribution in [1.82, 2.24) is 0 Å². The van der Waals surface area contributed by atoms with Crippen molar-refractivity contribution in [3.8, 4) is 0 Å². The highest BCUT2D eigenvalue weighted by Gasteiger charge is 2.51. The number of hydrogen-bond donors (Lipinski definition) is 2. The third-order valence-corrected chi connectivity index (χ3v) is 6.37. The van der Waals surface area contributed by atoms with Gasteiger partial charge in [0.15, 0.2) is 0 Å². The van der Waals surface area contributed by atoms with E-state index in [0.717, 1.165) is 18.4 Å². The van der Waals surface area contributed by atoms with Crippen molar-refractivity contribution in [2.24, 2.45) is 5.92 Å². The van der Waals surface area contributed by atoms with E-state index in [2.05, 4.69) is 60.8 Å². The number of benzene rings is 3. The Morgan fingerprint density at radius 3 is 2.07 bits per heavy atom. The summed E-state index contributed by atoms with van der Waals surface area (Å²) < 4.78 is 13.6. The van der Waals surface area contributed by atoms with E-state index in [0.29, 0.717) is 6.42 Å². The van der Waals surface area contributed by atoms with E-state index < -0.39 is 5.60 Å². The summed E-state index contributed by atoms with van der Waals surface area (Å²) in [5, 5.41) is 14.6. The van der Waals surface area contributed by atoms with Gasteiger partial charge >= 0.3 is 0 Å². The molecule has 0 radical (unpaired) electrons. The van der Waals surface area contributed by atoms with Crippen LogP contribution < -0.4 is 5.32 Å². The summed E-state index contributed by atoms with van der Waals surface area (Å²) in [6.45, 7) is 2.16. The van der Waals surface area contributed by atoms with Crippen molar-refractivity contribution in [1.29, 1.82) is 0 Å². The lowest BCUT2D eigenvalue weighted by Gasteiger charge is -2.47. The highest BCUT2D eigenvalue weighted by atomic mass is 19.1. The third-order valence-electron chi connectivity index (χ3n) is 6.37. The van der Waals surface area contributed by atoms with Gasteiger partial charge in [-0.1, -0.05) is 86.1 Å². The number of halogens is 1. The predicted octanol–water partition coefficient (Wildman–Crippen LogP) is 4.88. The molecule has 0 amide bonds. The van der Waals surface area contributed by atoms with Gasteiger partial charge in [0, 0.05) is 23.5 Å². The summed E-state index contributed by atoms with van der Waals surface area (Å²) in [5.74, 6) is -0.230. The number of quaternary nitrogens is 1. The minimum absolute atomic E-state index is 0.0420. The molecule has 3 N–H and O–H groups in total. The topological polar surface area (TPSA) is 36.8 Å². The minimum atomic E-state index is -1.01. The smallest absolute Gasteiger partial charge is 0.123 e. The molecule has 1 saturated heterocycles. The summed E-state index contributed by atoms with van der Waals surface area (Å²) in [5.41, 5.74) is 2.24. The SMILES string of the molecule is CCC[C@H]1[C@H](c2ccccc2)[NH2+][C@H](c2ccccc2)C[C@]1(O)c1ccc(F)cc1. The first-order valence-electron chi connectivity index (χ1n) is 10.5. The molecule has 1 aliphatic rings. The fourth-order valence-corrected chi connectivity index (χ4v) is 4.98. The lowest BCUT2D eigenvalue weighted by molar-refractivity contribution is -0.758. The first-order valence-corrected chi connectivity index (χ1v) is 10.5. The van der Waals surface area contributed by atoms with Gasteiger partial charge in [-0.2, -0.15) is 0 Å². The molecule has 4 atom stereocenters. The molecule has 1 aliphatic heterocycles. The summed E-state index contributed by atoms with van der Waals surface area (Å²) in [7, 11) is 0. The number of nitrogens with two attached hydrogens (primary N) is 1. The lowest BCUT2D eigenvalue weighted by atomic mass is 9.66. The van der Waals surface area contributed by atoms with Crippen LogP contribution in [0, 0.1) is 11.7 Å². The minimum Gasteiger partial charge on any atom is -0.384 e. The van der Waals surface area contributed by atoms with Gasteiger partial charge in [-0.25, -0.2) is 4.39 Å². The zero-order chi connectivity index (χ0) is 20.3. The maximum Gasteiger partial charge on any atom is 0.123 e. The highest BCUT2D eigenvalue weighted by Crippen LogP contribution is 2.47. The van der Waals surface area contributed by atoms with Gasteiger partial charge in [-0.15, -0.1) is 0 Å². The summed E-state index contributed by atoms with van der Waals surface area (Å²) >= 11 is 0. The fraction of sp³-hybridized carbons (Fsp3) is 0.308. The molecule has 0 spiro atoms. The Hall–Kier alpha value is -2.49. The second-order valence-corrected chi connectivity index (χ2v) is 8.18. The maximum atomic E-state index is 13.6. The van der Waals surface area contributed by atoms with Crippen LogP contribution in [0.3, 0.4) is 0 Å². The number of piperidine rings is 1. The van der Waals surface area contributed by atoms with Crippen molar-refractivity contribution in [2.45, 2.75) is 43.9 Å². The Bertz CT molecular complexity index is 912. The van der Waals surface area contributed by atoms with Gasteiger partial charge in [0.05, 0.1) is 0 Å². The normalized spacial score (nSPS) is 26.9. The fourth-order valence-electron chi connectivity index (χ4n) is 4.98. The van der Waals surface area contributed by atoms with Crippen LogP contribution in [0.25, 0.3) is 0 Å². The van der Waals surface area contributed by atoms with Gasteiger partial charge in [0.25, 0.3) is 0 Å². The van der Waals surface area contributed by atoms with E-state index in [4.69, 9.17) is 0 Å². The first-order chi connectivity index (χ1) is 14.1. The molecule has 3 aromatic carbocycles. The largest absolute Gasteiger partial charge is 0.384 e. The van der Waals surface area contributed by atoms with Gasteiger partial charge < -0.3 is 10.4 Å². The first kappa shape index (κ1) is 19.8. The van der Waals surface area contributed by atoms with Crippen LogP contribution in [0.15, 0.2) is 84.9 Å². The van der Waals surface area contributed by atoms with Gasteiger partial charge in [-0.3, -0.25) is 0 Å². The van der Waals surface area contributed by atoms with Crippen molar-refractivity contribution >= 4 is 0 Å². The average Bonchev–Trinajstić information content (AvgIpc) is 2.77. The Kier molecular flexibility index (Phi) is 5.79. The van der Waals surface area contributed by atoms with Crippen LogP contribution >= 0.6 is 0 Å². The lowest BCUT2D eigenvalue weighted by Crippen LogP contribution is -2.91. The number of rotatable bonds is 5. The Morgan fingerprint density at radius 2 is 1.48 bits per heavy atom. The van der Waals surface area contributed by atoms with E-state index in [1.54, 1.807) is 12.1 Å². The molecule has 29 heavy (non-hydrogen) atoms. The molecule has 0 saturated carbocycles.